The van der Waals surface area contributed by atoms with Crippen molar-refractivity contribution in [3.63, 3.8) is 0 Å². The Bertz CT molecular complexity index is 377. The van der Waals surface area contributed by atoms with Crippen LogP contribution in [0.5, 0.6) is 0 Å². The predicted octanol–water partition coefficient (Wildman–Crippen LogP) is -1.52. The van der Waals surface area contributed by atoms with Crippen molar-refractivity contribution in [2.45, 2.75) is 0 Å². The van der Waals surface area contributed by atoms with E-state index in [0.29, 0.717) is 0 Å². The molecule has 4 N–H and O–H groups in total. The third-order valence-corrected chi connectivity index (χ3v) is 1.49. The van der Waals surface area contributed by atoms with Gasteiger partial charge >= 0.3 is 5.97 Å². The van der Waals surface area contributed by atoms with Crippen molar-refractivity contribution in [2.75, 3.05) is 25.5 Å². The van der Waals surface area contributed by atoms with E-state index in [-0.39, 0.29) is 24.7 Å². The number of nitrogens with zero attached hydrogens (tertiary/aromatic N) is 2. The average molecular weight is 230 g/mol. The molecular formula is C7H10N4O5. The van der Waals surface area contributed by atoms with Gasteiger partial charge in [-0.15, -0.1) is 0 Å². The van der Waals surface area contributed by atoms with Crippen LogP contribution >= 0.6 is 0 Å². The van der Waals surface area contributed by atoms with E-state index in [9.17, 15) is 9.59 Å². The summed E-state index contributed by atoms with van der Waals surface area (Å²) in [4.78, 5) is 21.4. The predicted molar refractivity (Wildman–Crippen MR) is 49.5 cm³/mol. The first-order valence-electron chi connectivity index (χ1n) is 4.27. The van der Waals surface area contributed by atoms with E-state index < -0.39 is 18.5 Å². The number of hydrogen-bond donors (Lipinski definition) is 3. The van der Waals surface area contributed by atoms with Crippen LogP contribution in [0.25, 0.3) is 0 Å². The van der Waals surface area contributed by atoms with Crippen LogP contribution in [0.3, 0.4) is 0 Å². The Balaban J connectivity index is 2.21. The molecule has 1 rings (SSSR count). The van der Waals surface area contributed by atoms with Crippen molar-refractivity contribution in [2.24, 2.45) is 0 Å². The van der Waals surface area contributed by atoms with Crippen molar-refractivity contribution in [1.29, 1.82) is 0 Å². The number of carbonyl (C=O) groups excluding carboxylic acids is 1. The summed E-state index contributed by atoms with van der Waals surface area (Å²) in [6.07, 6.45) is 0. The van der Waals surface area contributed by atoms with E-state index in [4.69, 9.17) is 10.8 Å². The van der Waals surface area contributed by atoms with Crippen LogP contribution in [0.15, 0.2) is 4.63 Å². The van der Waals surface area contributed by atoms with E-state index >= 15 is 0 Å². The Morgan fingerprint density at radius 3 is 2.81 bits per heavy atom. The van der Waals surface area contributed by atoms with E-state index in [1.165, 1.54) is 0 Å². The number of carboxylic acid groups (broad SMARTS) is 1. The first kappa shape index (κ1) is 11.9. The molecule has 0 saturated heterocycles. The molecule has 0 saturated carbocycles. The normalized spacial score (nSPS) is 10.0. The molecular weight excluding hydrogens is 220 g/mol. The van der Waals surface area contributed by atoms with Crippen LogP contribution in [0.2, 0.25) is 0 Å². The van der Waals surface area contributed by atoms with Gasteiger partial charge in [0.2, 0.25) is 11.5 Å². The van der Waals surface area contributed by atoms with Gasteiger partial charge in [0.05, 0.1) is 6.61 Å². The number of nitrogens with two attached hydrogens (primary N) is 1. The van der Waals surface area contributed by atoms with Gasteiger partial charge in [-0.2, -0.15) is 0 Å². The van der Waals surface area contributed by atoms with Crippen molar-refractivity contribution in [3.05, 3.63) is 5.69 Å². The molecule has 1 aromatic rings. The van der Waals surface area contributed by atoms with Crippen LogP contribution in [-0.4, -0.2) is 47.1 Å². The Kier molecular flexibility index (Phi) is 4.21. The zero-order chi connectivity index (χ0) is 12.0. The van der Waals surface area contributed by atoms with Crippen LogP contribution in [0.1, 0.15) is 10.5 Å². The lowest BCUT2D eigenvalue weighted by atomic mass is 10.4. The van der Waals surface area contributed by atoms with Gasteiger partial charge in [-0.3, -0.25) is 4.79 Å². The number of anilines is 1. The number of aromatic nitrogens is 2. The molecule has 0 aromatic carbocycles. The number of rotatable bonds is 6. The van der Waals surface area contributed by atoms with Gasteiger partial charge in [0.25, 0.3) is 5.91 Å². The summed E-state index contributed by atoms with van der Waals surface area (Å²) in [6.45, 7) is -0.203. The van der Waals surface area contributed by atoms with Crippen molar-refractivity contribution in [3.8, 4) is 0 Å². The lowest BCUT2D eigenvalue weighted by Crippen LogP contribution is -2.28. The highest BCUT2D eigenvalue weighted by molar-refractivity contribution is 5.95. The summed E-state index contributed by atoms with van der Waals surface area (Å²) in [7, 11) is 0. The fourth-order valence-electron chi connectivity index (χ4n) is 0.833. The molecule has 16 heavy (non-hydrogen) atoms. The zero-order valence-corrected chi connectivity index (χ0v) is 8.17. The number of ether oxygens (including phenoxy) is 1. The molecule has 0 atom stereocenters. The van der Waals surface area contributed by atoms with Gasteiger partial charge in [0.1, 0.15) is 6.61 Å². The van der Waals surface area contributed by atoms with Gasteiger partial charge in [0.15, 0.2) is 0 Å². The van der Waals surface area contributed by atoms with Crippen LogP contribution in [-0.2, 0) is 9.53 Å². The van der Waals surface area contributed by atoms with Gasteiger partial charge in [0, 0.05) is 6.54 Å². The third kappa shape index (κ3) is 3.53. The van der Waals surface area contributed by atoms with E-state index in [1.54, 1.807) is 0 Å². The quantitative estimate of drug-likeness (QED) is 0.500. The molecule has 9 nitrogen and oxygen atoms in total. The maximum atomic E-state index is 11.3. The minimum absolute atomic E-state index is 0.0726. The lowest BCUT2D eigenvalue weighted by molar-refractivity contribution is -0.142. The topological polar surface area (TPSA) is 141 Å². The Hall–Kier alpha value is -2.16. The van der Waals surface area contributed by atoms with E-state index in [2.05, 4.69) is 25.0 Å². The van der Waals surface area contributed by atoms with Gasteiger partial charge < -0.3 is 20.9 Å². The standard InChI is InChI=1S/C7H10N4O5/c8-6-5(10-16-11-6)7(14)9-1-2-15-3-4(12)13/h1-3H2,(H2,8,11)(H,9,14)(H,12,13). The fraction of sp³-hybridized carbons (Fsp3) is 0.429. The number of hydrogen-bond acceptors (Lipinski definition) is 7. The van der Waals surface area contributed by atoms with Crippen LogP contribution < -0.4 is 11.1 Å². The first-order chi connectivity index (χ1) is 7.61. The molecule has 1 heterocycles. The first-order valence-corrected chi connectivity index (χ1v) is 4.27. The average Bonchev–Trinajstić information content (AvgIpc) is 2.63. The minimum atomic E-state index is -1.07. The number of aliphatic carboxylic acids is 1. The van der Waals surface area contributed by atoms with E-state index in [0.717, 1.165) is 0 Å². The fourth-order valence-corrected chi connectivity index (χ4v) is 0.833. The van der Waals surface area contributed by atoms with Gasteiger partial charge in [-0.1, -0.05) is 0 Å². The van der Waals surface area contributed by atoms with Crippen molar-refractivity contribution >= 4 is 17.7 Å². The van der Waals surface area contributed by atoms with Crippen LogP contribution in [0, 0.1) is 0 Å². The van der Waals surface area contributed by atoms with Gasteiger partial charge in [-0.05, 0) is 10.3 Å². The van der Waals surface area contributed by atoms with Crippen molar-refractivity contribution < 1.29 is 24.1 Å². The Morgan fingerprint density at radius 1 is 1.50 bits per heavy atom. The summed E-state index contributed by atoms with van der Waals surface area (Å²) in [5.41, 5.74) is 5.16. The minimum Gasteiger partial charge on any atom is -0.480 e. The molecule has 9 heteroatoms. The Labute approximate surface area is 89.5 Å². The summed E-state index contributed by atoms with van der Waals surface area (Å²) in [6, 6.07) is 0. The van der Waals surface area contributed by atoms with Crippen LogP contribution in [0.4, 0.5) is 5.82 Å². The smallest absolute Gasteiger partial charge is 0.329 e. The highest BCUT2D eigenvalue weighted by Gasteiger charge is 2.14. The second-order valence-electron chi connectivity index (χ2n) is 2.70. The summed E-state index contributed by atoms with van der Waals surface area (Å²) >= 11 is 0. The molecule has 0 bridgehead atoms. The number of nitrogens with one attached hydrogen (secondary N) is 1. The highest BCUT2D eigenvalue weighted by atomic mass is 16.6. The zero-order valence-electron chi connectivity index (χ0n) is 8.17. The number of carboxylic acids is 1. The second kappa shape index (κ2) is 5.66. The molecule has 0 unspecified atom stereocenters. The molecule has 0 fully saturated rings. The molecule has 0 radical (unpaired) electrons. The Morgan fingerprint density at radius 2 is 2.25 bits per heavy atom. The SMILES string of the molecule is Nc1nonc1C(=O)NCCOCC(=O)O. The second-order valence-corrected chi connectivity index (χ2v) is 2.70. The number of carbonyl (C=O) groups is 2. The van der Waals surface area contributed by atoms with Gasteiger partial charge in [-0.25, -0.2) is 9.42 Å². The molecule has 0 spiro atoms. The van der Waals surface area contributed by atoms with E-state index in [1.807, 2.05) is 0 Å². The molecule has 0 aliphatic carbocycles. The number of amides is 1. The largest absolute Gasteiger partial charge is 0.480 e. The summed E-state index contributed by atoms with van der Waals surface area (Å²) < 4.78 is 8.92. The van der Waals surface area contributed by atoms with Crippen molar-refractivity contribution in [1.82, 2.24) is 15.6 Å². The molecule has 1 amide bonds. The number of nitrogen functional groups attached to an aromatic ring is 1. The lowest BCUT2D eigenvalue weighted by Gasteiger charge is -2.02. The molecule has 88 valence electrons. The summed E-state index contributed by atoms with van der Waals surface area (Å²) in [5, 5.41) is 17.2. The maximum Gasteiger partial charge on any atom is 0.329 e. The molecule has 1 aromatic heterocycles. The monoisotopic (exact) mass is 230 g/mol. The molecule has 0 aliphatic heterocycles. The third-order valence-electron chi connectivity index (χ3n) is 1.49. The summed E-state index contributed by atoms with van der Waals surface area (Å²) in [5.74, 6) is -1.74. The maximum absolute atomic E-state index is 11.3. The highest BCUT2D eigenvalue weighted by Crippen LogP contribution is 2.02. The molecule has 0 aliphatic rings.